The number of carbonyl (C=O) groups is 2. The van der Waals surface area contributed by atoms with Gasteiger partial charge in [0, 0.05) is 11.8 Å². The van der Waals surface area contributed by atoms with Gasteiger partial charge in [-0.25, -0.2) is 4.79 Å². The fourth-order valence-electron chi connectivity index (χ4n) is 11.2. The summed E-state index contributed by atoms with van der Waals surface area (Å²) in [5, 5.41) is 1.66. The maximum atomic E-state index is 14.8. The Bertz CT molecular complexity index is 3270. The van der Waals surface area contributed by atoms with E-state index >= 15 is 0 Å². The average Bonchev–Trinajstić information content (AvgIpc) is 1.34. The molecule has 0 unspecified atom stereocenters. The molecule has 0 bridgehead atoms. The minimum absolute atomic E-state index is 0.0409. The van der Waals surface area contributed by atoms with Crippen LogP contribution in [-0.2, 0) is 78.3 Å². The van der Waals surface area contributed by atoms with Gasteiger partial charge in [0.2, 0.25) is 0 Å². The van der Waals surface area contributed by atoms with Crippen LogP contribution in [0.3, 0.4) is 0 Å². The van der Waals surface area contributed by atoms with Crippen molar-refractivity contribution in [1.82, 2.24) is 0 Å². The van der Waals surface area contributed by atoms with Gasteiger partial charge >= 0.3 is 11.9 Å². The Morgan fingerprint density at radius 1 is 0.465 bits per heavy atom. The molecule has 86 heavy (non-hydrogen) atoms. The van der Waals surface area contributed by atoms with Gasteiger partial charge in [-0.2, -0.15) is 0 Å². The molecule has 0 N–H and O–H groups in total. The van der Waals surface area contributed by atoms with Crippen molar-refractivity contribution in [2.24, 2.45) is 0 Å². The average molecular weight is 1190 g/mol. The molecule has 14 heteroatoms. The lowest BCUT2D eigenvalue weighted by atomic mass is 9.96. The Labute approximate surface area is 511 Å². The third-order valence-electron chi connectivity index (χ3n) is 15.4. The molecule has 12 nitrogen and oxygen atoms in total. The highest BCUT2D eigenvalue weighted by Crippen LogP contribution is 2.43. The Kier molecular flexibility index (Phi) is 21.7. The second kappa shape index (κ2) is 30.0. The third kappa shape index (κ3) is 15.9. The van der Waals surface area contributed by atoms with Crippen LogP contribution in [0.2, 0.25) is 5.04 Å². The summed E-state index contributed by atoms with van der Waals surface area (Å²) in [6, 6.07) is 77.1. The van der Waals surface area contributed by atoms with Gasteiger partial charge in [-0.1, -0.05) is 250 Å². The van der Waals surface area contributed by atoms with Crippen molar-refractivity contribution in [2.75, 3.05) is 13.2 Å². The highest BCUT2D eigenvalue weighted by molar-refractivity contribution is 7.99. The van der Waals surface area contributed by atoms with Crippen LogP contribution in [-0.4, -0.2) is 94.0 Å². The first-order valence-corrected chi connectivity index (χ1v) is 32.2. The van der Waals surface area contributed by atoms with E-state index in [9.17, 15) is 9.59 Å². The second-order valence-electron chi connectivity index (χ2n) is 22.7. The van der Waals surface area contributed by atoms with Gasteiger partial charge in [-0.15, -0.1) is 0 Å². The lowest BCUT2D eigenvalue weighted by Crippen LogP contribution is -2.69. The fourth-order valence-corrected chi connectivity index (χ4v) is 16.9. The smallest absolute Gasteiger partial charge is 0.338 e. The molecule has 8 aromatic rings. The van der Waals surface area contributed by atoms with Gasteiger partial charge in [0.1, 0.15) is 42.1 Å². The zero-order chi connectivity index (χ0) is 59.7. The van der Waals surface area contributed by atoms with Crippen molar-refractivity contribution in [3.63, 3.8) is 0 Å². The van der Waals surface area contributed by atoms with Crippen molar-refractivity contribution < 1.29 is 56.6 Å². The Morgan fingerprint density at radius 2 is 0.907 bits per heavy atom. The summed E-state index contributed by atoms with van der Waals surface area (Å²) in [7, 11) is -3.29. The van der Waals surface area contributed by atoms with E-state index < -0.39 is 85.9 Å². The SMILES string of the molecule is CC(=O)O[C@@H]1[C@H](O[C@H]2O[C@H](COCc3ccccc3)[C@H](OCc3ccccc3)[C@H](OCc3ccccc3)[C@H]2OCc2ccccc2)[C@@H](OC(=O)c2ccccc2)[C@H](Sc2ccc(C)cc2)O[C@@H]1CO[Si](c1ccccc1)(c1ccccc1)C(C)(C)C. The van der Waals surface area contributed by atoms with Crippen LogP contribution in [0.4, 0.5) is 0 Å². The summed E-state index contributed by atoms with van der Waals surface area (Å²) in [6.07, 6.45) is -9.82. The largest absolute Gasteiger partial charge is 0.457 e. The Morgan fingerprint density at radius 3 is 1.40 bits per heavy atom. The monoisotopic (exact) mass is 1190 g/mol. The first-order valence-electron chi connectivity index (χ1n) is 29.4. The molecule has 2 saturated heterocycles. The predicted molar refractivity (Wildman–Crippen MR) is 335 cm³/mol. The van der Waals surface area contributed by atoms with Crippen LogP contribution < -0.4 is 10.4 Å². The van der Waals surface area contributed by atoms with Crippen molar-refractivity contribution in [2.45, 2.75) is 132 Å². The molecule has 2 aliphatic heterocycles. The molecule has 0 saturated carbocycles. The molecule has 0 radical (unpaired) electrons. The van der Waals surface area contributed by atoms with Crippen LogP contribution >= 0.6 is 11.8 Å². The highest BCUT2D eigenvalue weighted by Gasteiger charge is 2.58. The minimum atomic E-state index is -3.29. The van der Waals surface area contributed by atoms with Crippen LogP contribution in [0.15, 0.2) is 241 Å². The van der Waals surface area contributed by atoms with Gasteiger partial charge in [0.15, 0.2) is 18.5 Å². The molecule has 0 spiro atoms. The molecule has 0 amide bonds. The normalized spacial score (nSPS) is 22.4. The van der Waals surface area contributed by atoms with E-state index in [0.717, 1.165) is 43.1 Å². The Hall–Kier alpha value is -7.05. The molecular formula is C72H76O12SSi. The van der Waals surface area contributed by atoms with Crippen molar-refractivity contribution >= 4 is 42.4 Å². The summed E-state index contributed by atoms with van der Waals surface area (Å²) in [6.45, 7) is 10.7. The highest BCUT2D eigenvalue weighted by atomic mass is 32.2. The van der Waals surface area contributed by atoms with Gasteiger partial charge in [0.05, 0.1) is 45.2 Å². The van der Waals surface area contributed by atoms with Crippen molar-refractivity contribution in [3.8, 4) is 0 Å². The molecule has 2 heterocycles. The predicted octanol–water partition coefficient (Wildman–Crippen LogP) is 12.6. The van der Waals surface area contributed by atoms with E-state index in [1.807, 2.05) is 195 Å². The van der Waals surface area contributed by atoms with Crippen molar-refractivity contribution in [3.05, 3.63) is 270 Å². The fraction of sp³-hybridized carbons (Fsp3) is 0.306. The summed E-state index contributed by atoms with van der Waals surface area (Å²) in [5.41, 5.74) is 4.09. The van der Waals surface area contributed by atoms with E-state index in [1.54, 1.807) is 24.3 Å². The van der Waals surface area contributed by atoms with Crippen molar-refractivity contribution in [1.29, 1.82) is 0 Å². The van der Waals surface area contributed by atoms with Crippen LogP contribution in [0, 0.1) is 6.92 Å². The lowest BCUT2D eigenvalue weighted by molar-refractivity contribution is -0.355. The number of esters is 2. The second-order valence-corrected chi connectivity index (χ2v) is 28.2. The van der Waals surface area contributed by atoms with Gasteiger partial charge in [-0.3, -0.25) is 4.79 Å². The maximum absolute atomic E-state index is 14.8. The number of hydrogen-bond donors (Lipinski definition) is 0. The lowest BCUT2D eigenvalue weighted by Gasteiger charge is -2.50. The number of benzene rings is 8. The minimum Gasteiger partial charge on any atom is -0.457 e. The van der Waals surface area contributed by atoms with E-state index in [2.05, 4.69) is 45.0 Å². The van der Waals surface area contributed by atoms with Gasteiger partial charge in [0.25, 0.3) is 8.32 Å². The molecule has 10 atom stereocenters. The molecule has 2 aliphatic rings. The summed E-state index contributed by atoms with van der Waals surface area (Å²) in [5.74, 6) is -1.26. The van der Waals surface area contributed by atoms with Crippen LogP contribution in [0.1, 0.15) is 65.9 Å². The number of thioether (sulfide) groups is 1. The van der Waals surface area contributed by atoms with E-state index in [-0.39, 0.29) is 39.6 Å². The topological polar surface area (TPSA) is 126 Å². The van der Waals surface area contributed by atoms with Gasteiger partial charge in [-0.05, 0) is 68.9 Å². The molecule has 8 aromatic carbocycles. The summed E-state index contributed by atoms with van der Waals surface area (Å²) < 4.78 is 71.3. The van der Waals surface area contributed by atoms with Crippen LogP contribution in [0.5, 0.6) is 0 Å². The Balaban J connectivity index is 1.12. The zero-order valence-corrected chi connectivity index (χ0v) is 51.2. The standard InChI is InChI=1S/C72H76O12SSi/c1-51-41-43-58(44-42-51)85-71-68(83-69(74)57-35-21-10-22-36-57)66(64(80-52(2)73)62(82-71)50-79-86(72(3,4)5,59-37-23-11-24-38-59)60-39-25-12-26-40-60)84-70-67(78-48-56-33-19-9-20-34-56)65(77-47-55-31-17-8-18-32-55)63(76-46-54-29-15-7-16-30-54)61(81-70)49-75-45-53-27-13-6-14-28-53/h6-44,61-68,70-71H,45-50H2,1-5H3/t61-,62-,63+,64+,65+,66+,67-,68-,70-,71+/m1/s1. The number of rotatable bonds is 25. The molecule has 10 rings (SSSR count). The summed E-state index contributed by atoms with van der Waals surface area (Å²) in [4.78, 5) is 29.6. The quantitative estimate of drug-likeness (QED) is 0.0398. The van der Waals surface area contributed by atoms with E-state index in [4.69, 9.17) is 47.1 Å². The number of ether oxygens (including phenoxy) is 9. The number of aryl methyl sites for hydroxylation is 1. The third-order valence-corrected chi connectivity index (χ3v) is 21.6. The van der Waals surface area contributed by atoms with Crippen LogP contribution in [0.25, 0.3) is 0 Å². The van der Waals surface area contributed by atoms with E-state index in [0.29, 0.717) is 5.56 Å². The maximum Gasteiger partial charge on any atom is 0.338 e. The molecule has 0 aliphatic carbocycles. The molecule has 446 valence electrons. The zero-order valence-electron chi connectivity index (χ0n) is 49.3. The first-order chi connectivity index (χ1) is 41.9. The summed E-state index contributed by atoms with van der Waals surface area (Å²) >= 11 is 1.37. The first kappa shape index (κ1) is 62.0. The number of carbonyl (C=O) groups excluding carboxylic acids is 2. The van der Waals surface area contributed by atoms with E-state index in [1.165, 1.54) is 18.7 Å². The molecule has 0 aromatic heterocycles. The van der Waals surface area contributed by atoms with Gasteiger partial charge < -0.3 is 47.1 Å². The molecule has 2 fully saturated rings. The molecular weight excluding hydrogens is 1120 g/mol. The number of hydrogen-bond acceptors (Lipinski definition) is 13.